The van der Waals surface area contributed by atoms with Gasteiger partial charge in [0.1, 0.15) is 6.07 Å². The molecule has 0 saturated heterocycles. The van der Waals surface area contributed by atoms with Crippen molar-refractivity contribution < 1.29 is 9.53 Å². The summed E-state index contributed by atoms with van der Waals surface area (Å²) in [4.78, 5) is 11.6. The summed E-state index contributed by atoms with van der Waals surface area (Å²) in [5, 5.41) is 9.20. The van der Waals surface area contributed by atoms with E-state index in [4.69, 9.17) is 33.2 Å². The van der Waals surface area contributed by atoms with E-state index in [-0.39, 0.29) is 16.3 Å². The molecule has 0 N–H and O–H groups in total. The molecule has 82 valence electrons. The minimum atomic E-state index is -0.684. The van der Waals surface area contributed by atoms with E-state index in [2.05, 4.69) is 0 Å². The van der Waals surface area contributed by atoms with Crippen molar-refractivity contribution in [3.05, 3.63) is 45.6 Å². The van der Waals surface area contributed by atoms with Gasteiger partial charge in [-0.25, -0.2) is 4.79 Å². The molecule has 0 aliphatic carbocycles. The highest BCUT2D eigenvalue weighted by molar-refractivity contribution is 6.36. The van der Waals surface area contributed by atoms with E-state index in [1.54, 1.807) is 13.0 Å². The predicted molar refractivity (Wildman–Crippen MR) is 61.2 cm³/mol. The van der Waals surface area contributed by atoms with Gasteiger partial charge in [0.2, 0.25) is 5.76 Å². The lowest BCUT2D eigenvalue weighted by Gasteiger charge is -2.04. The average molecular weight is 256 g/mol. The Morgan fingerprint density at radius 1 is 1.50 bits per heavy atom. The second kappa shape index (κ2) is 5.55. The number of nitriles is 1. The number of rotatable bonds is 2. The van der Waals surface area contributed by atoms with Gasteiger partial charge in [-0.15, -0.1) is 0 Å². The summed E-state index contributed by atoms with van der Waals surface area (Å²) in [5.41, 5.74) is 0.167. The Kier molecular flexibility index (Phi) is 4.36. The van der Waals surface area contributed by atoms with Crippen LogP contribution in [0.25, 0.3) is 0 Å². The number of hydrogen-bond donors (Lipinski definition) is 0. The molecule has 0 fully saturated rings. The van der Waals surface area contributed by atoms with Crippen LogP contribution in [0.4, 0.5) is 0 Å². The van der Waals surface area contributed by atoms with Crippen LogP contribution in [-0.4, -0.2) is 5.97 Å². The molecule has 0 spiro atoms. The smallest absolute Gasteiger partial charge is 0.345 e. The van der Waals surface area contributed by atoms with Crippen molar-refractivity contribution in [3.8, 4) is 6.07 Å². The monoisotopic (exact) mass is 255 g/mol. The molecule has 0 aliphatic heterocycles. The first-order valence-corrected chi connectivity index (χ1v) is 5.07. The molecule has 1 aromatic rings. The van der Waals surface area contributed by atoms with Crippen molar-refractivity contribution in [2.75, 3.05) is 0 Å². The number of nitrogens with zero attached hydrogens (tertiary/aromatic N) is 1. The van der Waals surface area contributed by atoms with Gasteiger partial charge in [0.05, 0.1) is 10.6 Å². The van der Waals surface area contributed by atoms with Crippen molar-refractivity contribution in [2.45, 2.75) is 6.92 Å². The Balaban J connectivity index is 2.94. The minimum absolute atomic E-state index is 0.0731. The standard InChI is InChI=1S/C11H7Cl2NO2/c1-2-8(6-14)16-11(15)9-4-3-7(12)5-10(9)13/h2-5H,1H3/b8-2+. The van der Waals surface area contributed by atoms with Gasteiger partial charge in [-0.2, -0.15) is 5.26 Å². The Hall–Kier alpha value is -1.50. The van der Waals surface area contributed by atoms with Crippen LogP contribution in [0.1, 0.15) is 17.3 Å². The topological polar surface area (TPSA) is 50.1 Å². The molecule has 0 amide bonds. The number of allylic oxidation sites excluding steroid dienone is 2. The summed E-state index contributed by atoms with van der Waals surface area (Å²) in [5.74, 6) is -0.757. The second-order valence-corrected chi connectivity index (χ2v) is 3.62. The summed E-state index contributed by atoms with van der Waals surface area (Å²) in [7, 11) is 0. The van der Waals surface area contributed by atoms with Crippen LogP contribution in [0, 0.1) is 11.3 Å². The maximum absolute atomic E-state index is 11.6. The van der Waals surface area contributed by atoms with Gasteiger partial charge in [-0.3, -0.25) is 0 Å². The van der Waals surface area contributed by atoms with Crippen molar-refractivity contribution >= 4 is 29.2 Å². The molecule has 0 saturated carbocycles. The molecule has 16 heavy (non-hydrogen) atoms. The number of carbonyl (C=O) groups excluding carboxylic acids is 1. The first-order chi connectivity index (χ1) is 7.58. The summed E-state index contributed by atoms with van der Waals surface area (Å²) >= 11 is 11.5. The van der Waals surface area contributed by atoms with Gasteiger partial charge in [0.25, 0.3) is 0 Å². The minimum Gasteiger partial charge on any atom is -0.412 e. The molecule has 0 atom stereocenters. The predicted octanol–water partition coefficient (Wildman–Crippen LogP) is 3.58. The Labute approximate surface area is 103 Å². The Morgan fingerprint density at radius 2 is 2.19 bits per heavy atom. The van der Waals surface area contributed by atoms with E-state index in [0.29, 0.717) is 5.02 Å². The van der Waals surface area contributed by atoms with Crippen molar-refractivity contribution in [2.24, 2.45) is 0 Å². The largest absolute Gasteiger partial charge is 0.412 e. The van der Waals surface area contributed by atoms with Crippen LogP contribution in [0.5, 0.6) is 0 Å². The normalized spacial score (nSPS) is 10.8. The van der Waals surface area contributed by atoms with Gasteiger partial charge in [-0.05, 0) is 31.2 Å². The fourth-order valence-electron chi connectivity index (χ4n) is 0.956. The van der Waals surface area contributed by atoms with Crippen LogP contribution in [0.2, 0.25) is 10.0 Å². The fraction of sp³-hybridized carbons (Fsp3) is 0.0909. The third-order valence-corrected chi connectivity index (χ3v) is 2.27. The Morgan fingerprint density at radius 3 is 2.69 bits per heavy atom. The molecule has 0 bridgehead atoms. The molecule has 0 heterocycles. The van der Waals surface area contributed by atoms with Crippen LogP contribution in [0.15, 0.2) is 30.0 Å². The lowest BCUT2D eigenvalue weighted by atomic mass is 10.2. The number of ether oxygens (including phenoxy) is 1. The molecule has 0 radical (unpaired) electrons. The molecular formula is C11H7Cl2NO2. The summed E-state index contributed by atoms with van der Waals surface area (Å²) < 4.78 is 4.79. The summed E-state index contributed by atoms with van der Waals surface area (Å²) in [6.45, 7) is 1.59. The number of hydrogen-bond acceptors (Lipinski definition) is 3. The lowest BCUT2D eigenvalue weighted by Crippen LogP contribution is -2.04. The van der Waals surface area contributed by atoms with Crippen molar-refractivity contribution in [1.29, 1.82) is 5.26 Å². The van der Waals surface area contributed by atoms with Crippen molar-refractivity contribution in [1.82, 2.24) is 0 Å². The molecule has 0 aliphatic rings. The van der Waals surface area contributed by atoms with Gasteiger partial charge in [0, 0.05) is 5.02 Å². The van der Waals surface area contributed by atoms with Crippen LogP contribution < -0.4 is 0 Å². The van der Waals surface area contributed by atoms with Gasteiger partial charge < -0.3 is 4.74 Å². The maximum Gasteiger partial charge on any atom is 0.345 e. The zero-order valence-corrected chi connectivity index (χ0v) is 9.84. The van der Waals surface area contributed by atoms with Gasteiger partial charge >= 0.3 is 5.97 Å². The molecular weight excluding hydrogens is 249 g/mol. The lowest BCUT2D eigenvalue weighted by molar-refractivity contribution is 0.0639. The van der Waals surface area contributed by atoms with Crippen LogP contribution in [-0.2, 0) is 4.74 Å². The highest BCUT2D eigenvalue weighted by Gasteiger charge is 2.13. The quantitative estimate of drug-likeness (QED) is 0.461. The van der Waals surface area contributed by atoms with Gasteiger partial charge in [-0.1, -0.05) is 23.2 Å². The molecule has 5 heteroatoms. The number of carbonyl (C=O) groups is 1. The Bertz CT molecular complexity index is 489. The summed E-state index contributed by atoms with van der Waals surface area (Å²) in [6.07, 6.45) is 1.39. The van der Waals surface area contributed by atoms with Crippen molar-refractivity contribution in [3.63, 3.8) is 0 Å². The molecule has 0 unspecified atom stereocenters. The third-order valence-electron chi connectivity index (χ3n) is 1.73. The SMILES string of the molecule is C/C=C(\C#N)OC(=O)c1ccc(Cl)cc1Cl. The zero-order chi connectivity index (χ0) is 12.1. The number of halogens is 2. The van der Waals surface area contributed by atoms with E-state index >= 15 is 0 Å². The van der Waals surface area contributed by atoms with E-state index in [9.17, 15) is 4.79 Å². The van der Waals surface area contributed by atoms with Crippen LogP contribution >= 0.6 is 23.2 Å². The molecule has 0 aromatic heterocycles. The highest BCUT2D eigenvalue weighted by Crippen LogP contribution is 2.22. The molecule has 1 rings (SSSR count). The third kappa shape index (κ3) is 2.99. The van der Waals surface area contributed by atoms with E-state index in [1.165, 1.54) is 24.3 Å². The molecule has 3 nitrogen and oxygen atoms in total. The number of esters is 1. The molecule has 1 aromatic carbocycles. The van der Waals surface area contributed by atoms with E-state index < -0.39 is 5.97 Å². The zero-order valence-electron chi connectivity index (χ0n) is 8.33. The number of benzene rings is 1. The highest BCUT2D eigenvalue weighted by atomic mass is 35.5. The van der Waals surface area contributed by atoms with Gasteiger partial charge in [0.15, 0.2) is 0 Å². The maximum atomic E-state index is 11.6. The fourth-order valence-corrected chi connectivity index (χ4v) is 1.44. The van der Waals surface area contributed by atoms with Crippen LogP contribution in [0.3, 0.4) is 0 Å². The first-order valence-electron chi connectivity index (χ1n) is 4.32. The first kappa shape index (κ1) is 12.6. The van der Waals surface area contributed by atoms with E-state index in [1.807, 2.05) is 0 Å². The summed E-state index contributed by atoms with van der Waals surface area (Å²) in [6, 6.07) is 6.13. The second-order valence-electron chi connectivity index (χ2n) is 2.78. The average Bonchev–Trinajstić information content (AvgIpc) is 2.25. The van der Waals surface area contributed by atoms with E-state index in [0.717, 1.165) is 0 Å².